The molecule has 2 saturated carbocycles. The number of aliphatic carboxylic acids is 1. The highest BCUT2D eigenvalue weighted by molar-refractivity contribution is 5.85. The average Bonchev–Trinajstić information content (AvgIpc) is 3.45. The zero-order valence-corrected chi connectivity index (χ0v) is 20.0. The van der Waals surface area contributed by atoms with Crippen LogP contribution in [0.4, 0.5) is 0 Å². The van der Waals surface area contributed by atoms with Gasteiger partial charge in [-0.25, -0.2) is 0 Å². The Balaban J connectivity index is 0.00000225. The molecular weight excluding hydrogens is 419 g/mol. The molecule has 0 amide bonds. The van der Waals surface area contributed by atoms with Crippen LogP contribution in [0.5, 0.6) is 0 Å². The van der Waals surface area contributed by atoms with E-state index in [1.165, 1.54) is 24.8 Å². The smallest absolute Gasteiger partial charge is 0.310 e. The van der Waals surface area contributed by atoms with Gasteiger partial charge in [0.15, 0.2) is 0 Å². The van der Waals surface area contributed by atoms with Crippen LogP contribution in [-0.2, 0) is 4.79 Å². The molecule has 0 aromatic heterocycles. The second-order valence-corrected chi connectivity index (χ2v) is 9.22. The fourth-order valence-electron chi connectivity index (χ4n) is 4.27. The maximum atomic E-state index is 11.2. The molecule has 0 saturated heterocycles. The lowest BCUT2D eigenvalue weighted by atomic mass is 9.88. The summed E-state index contributed by atoms with van der Waals surface area (Å²) in [5.74, 6) is -0.0390. The van der Waals surface area contributed by atoms with Gasteiger partial charge >= 0.3 is 5.97 Å². The molecule has 0 bridgehead atoms. The van der Waals surface area contributed by atoms with Crippen molar-refractivity contribution in [1.29, 1.82) is 0 Å². The van der Waals surface area contributed by atoms with Gasteiger partial charge in [0.2, 0.25) is 0 Å². The molecule has 0 spiro atoms. The summed E-state index contributed by atoms with van der Waals surface area (Å²) in [7, 11) is 0. The highest BCUT2D eigenvalue weighted by atomic mass is 35.5. The van der Waals surface area contributed by atoms with Crippen LogP contribution < -0.4 is 10.6 Å². The Kier molecular flexibility index (Phi) is 10.9. The molecule has 0 radical (unpaired) electrons. The van der Waals surface area contributed by atoms with Crippen molar-refractivity contribution in [3.05, 3.63) is 41.5 Å². The van der Waals surface area contributed by atoms with Crippen LogP contribution in [0.15, 0.2) is 35.9 Å². The van der Waals surface area contributed by atoms with Gasteiger partial charge in [-0.15, -0.1) is 24.8 Å². The molecule has 2 aliphatic carbocycles. The first-order valence-corrected chi connectivity index (χ1v) is 10.9. The molecular formula is C24H38Cl2N2O2. The Morgan fingerprint density at radius 1 is 1.10 bits per heavy atom. The summed E-state index contributed by atoms with van der Waals surface area (Å²) in [5.41, 5.74) is 2.17. The van der Waals surface area contributed by atoms with E-state index in [1.54, 1.807) is 19.4 Å². The number of nitrogens with one attached hydrogen (secondary N) is 2. The first-order valence-electron chi connectivity index (χ1n) is 10.9. The summed E-state index contributed by atoms with van der Waals surface area (Å²) in [5, 5.41) is 16.6. The Morgan fingerprint density at radius 3 is 2.27 bits per heavy atom. The fraction of sp³-hybridized carbons (Fsp3) is 0.625. The second-order valence-electron chi connectivity index (χ2n) is 9.22. The van der Waals surface area contributed by atoms with E-state index in [0.717, 1.165) is 19.3 Å². The SMILES string of the molecule is CC/C(=C\c1ccccc1)[C@@H]1C[C@H]1N[C@H]1CC[C@@H](NCC(C)(C)C(=O)O)CC1.Cl.Cl. The van der Waals surface area contributed by atoms with Gasteiger partial charge < -0.3 is 15.7 Å². The molecule has 1 aromatic carbocycles. The van der Waals surface area contributed by atoms with Crippen molar-refractivity contribution < 1.29 is 9.90 Å². The lowest BCUT2D eigenvalue weighted by Gasteiger charge is -2.32. The molecule has 0 aliphatic heterocycles. The fourth-order valence-corrected chi connectivity index (χ4v) is 4.27. The van der Waals surface area contributed by atoms with Crippen molar-refractivity contribution >= 4 is 36.9 Å². The maximum Gasteiger partial charge on any atom is 0.310 e. The minimum Gasteiger partial charge on any atom is -0.481 e. The lowest BCUT2D eigenvalue weighted by Crippen LogP contribution is -2.45. The molecule has 3 rings (SSSR count). The third-order valence-corrected chi connectivity index (χ3v) is 6.42. The third-order valence-electron chi connectivity index (χ3n) is 6.42. The van der Waals surface area contributed by atoms with Gasteiger partial charge in [-0.3, -0.25) is 4.79 Å². The third kappa shape index (κ3) is 7.56. The van der Waals surface area contributed by atoms with Crippen molar-refractivity contribution in [2.45, 2.75) is 77.4 Å². The number of benzene rings is 1. The molecule has 0 unspecified atom stereocenters. The van der Waals surface area contributed by atoms with Gasteiger partial charge in [0.05, 0.1) is 5.41 Å². The predicted molar refractivity (Wildman–Crippen MR) is 130 cm³/mol. The minimum absolute atomic E-state index is 0. The monoisotopic (exact) mass is 456 g/mol. The number of hydrogen-bond acceptors (Lipinski definition) is 3. The van der Waals surface area contributed by atoms with Crippen molar-refractivity contribution in [3.63, 3.8) is 0 Å². The molecule has 1 aromatic rings. The number of carbonyl (C=O) groups is 1. The number of halogens is 2. The molecule has 170 valence electrons. The van der Waals surface area contributed by atoms with Crippen LogP contribution in [0.1, 0.15) is 64.9 Å². The average molecular weight is 457 g/mol. The summed E-state index contributed by atoms with van der Waals surface area (Å²) in [6.45, 7) is 6.38. The molecule has 3 N–H and O–H groups in total. The van der Waals surface area contributed by atoms with E-state index in [0.29, 0.717) is 30.6 Å². The molecule has 30 heavy (non-hydrogen) atoms. The van der Waals surface area contributed by atoms with E-state index >= 15 is 0 Å². The minimum atomic E-state index is -0.731. The topological polar surface area (TPSA) is 61.4 Å². The first kappa shape index (κ1) is 27.0. The van der Waals surface area contributed by atoms with Crippen LogP contribution in [0.2, 0.25) is 0 Å². The zero-order chi connectivity index (χ0) is 20.1. The van der Waals surface area contributed by atoms with Crippen molar-refractivity contribution in [2.75, 3.05) is 6.54 Å². The van der Waals surface area contributed by atoms with Gasteiger partial charge in [-0.05, 0) is 63.9 Å². The molecule has 2 aliphatic rings. The molecule has 6 heteroatoms. The number of carboxylic acids is 1. The van der Waals surface area contributed by atoms with E-state index in [-0.39, 0.29) is 24.8 Å². The first-order chi connectivity index (χ1) is 13.4. The Bertz CT molecular complexity index is 686. The summed E-state index contributed by atoms with van der Waals surface area (Å²) in [6, 6.07) is 12.3. The van der Waals surface area contributed by atoms with Crippen molar-refractivity contribution in [1.82, 2.24) is 10.6 Å². The summed E-state index contributed by atoms with van der Waals surface area (Å²) in [6.07, 6.45) is 9.37. The van der Waals surface area contributed by atoms with Crippen LogP contribution in [-0.4, -0.2) is 35.7 Å². The predicted octanol–water partition coefficient (Wildman–Crippen LogP) is 5.31. The van der Waals surface area contributed by atoms with Gasteiger partial charge in [-0.2, -0.15) is 0 Å². The number of hydrogen-bond donors (Lipinski definition) is 3. The molecule has 0 heterocycles. The van der Waals surface area contributed by atoms with Gasteiger partial charge in [0, 0.05) is 24.7 Å². The quantitative estimate of drug-likeness (QED) is 0.470. The number of rotatable bonds is 9. The Morgan fingerprint density at radius 2 is 1.70 bits per heavy atom. The lowest BCUT2D eigenvalue weighted by molar-refractivity contribution is -0.146. The van der Waals surface area contributed by atoms with Gasteiger partial charge in [0.25, 0.3) is 0 Å². The van der Waals surface area contributed by atoms with E-state index < -0.39 is 11.4 Å². The van der Waals surface area contributed by atoms with Crippen LogP contribution in [0, 0.1) is 11.3 Å². The van der Waals surface area contributed by atoms with Crippen LogP contribution in [0.25, 0.3) is 6.08 Å². The largest absolute Gasteiger partial charge is 0.481 e. The summed E-state index contributed by atoms with van der Waals surface area (Å²) in [4.78, 5) is 11.2. The van der Waals surface area contributed by atoms with Crippen LogP contribution in [0.3, 0.4) is 0 Å². The van der Waals surface area contributed by atoms with Crippen LogP contribution >= 0.6 is 24.8 Å². The number of carboxylic acid groups (broad SMARTS) is 1. The Hall–Kier alpha value is -1.07. The molecule has 4 nitrogen and oxygen atoms in total. The van der Waals surface area contributed by atoms with Gasteiger partial charge in [-0.1, -0.05) is 48.9 Å². The second kappa shape index (κ2) is 12.1. The van der Waals surface area contributed by atoms with E-state index in [2.05, 4.69) is 54.0 Å². The highest BCUT2D eigenvalue weighted by Gasteiger charge is 2.40. The Labute approximate surface area is 194 Å². The summed E-state index contributed by atoms with van der Waals surface area (Å²) < 4.78 is 0. The van der Waals surface area contributed by atoms with Crippen molar-refractivity contribution in [2.24, 2.45) is 11.3 Å². The van der Waals surface area contributed by atoms with E-state index in [9.17, 15) is 9.90 Å². The normalized spacial score (nSPS) is 26.3. The summed E-state index contributed by atoms with van der Waals surface area (Å²) >= 11 is 0. The van der Waals surface area contributed by atoms with E-state index in [1.807, 2.05) is 0 Å². The molecule has 2 fully saturated rings. The molecule has 2 atom stereocenters. The van der Waals surface area contributed by atoms with Gasteiger partial charge in [0.1, 0.15) is 0 Å². The standard InChI is InChI=1S/C24H36N2O2.2ClH/c1-4-18(14-17-8-6-5-7-9-17)21-15-22(21)26-20-12-10-19(11-13-20)25-16-24(2,3)23(27)28;;/h5-9,14,19-22,25-26H,4,10-13,15-16H2,1-3H3,(H,27,28);2*1H/b18-14+;;/t19-,20+,21-,22+;;/m0../s1. The maximum absolute atomic E-state index is 11.2. The van der Waals surface area contributed by atoms with Crippen molar-refractivity contribution in [3.8, 4) is 0 Å². The zero-order valence-electron chi connectivity index (χ0n) is 18.4. The van der Waals surface area contributed by atoms with E-state index in [4.69, 9.17) is 0 Å². The highest BCUT2D eigenvalue weighted by Crippen LogP contribution is 2.40.